The molecule has 214 valence electrons. The number of benzene rings is 2. The molecule has 0 aliphatic heterocycles. The second-order valence-corrected chi connectivity index (χ2v) is 13.3. The molecule has 2 aromatic carbocycles. The van der Waals surface area contributed by atoms with Gasteiger partial charge < -0.3 is 10.1 Å². The van der Waals surface area contributed by atoms with Crippen molar-refractivity contribution in [3.05, 3.63) is 72.4 Å². The Labute approximate surface area is 241 Å². The summed E-state index contributed by atoms with van der Waals surface area (Å²) in [5.74, 6) is 0.325. The number of nitrogens with zero attached hydrogens (tertiary/aromatic N) is 4. The number of carbonyl (C=O) groups excluding carboxylic acids is 1. The first-order valence-corrected chi connectivity index (χ1v) is 15.1. The van der Waals surface area contributed by atoms with Gasteiger partial charge >= 0.3 is 0 Å². The average Bonchev–Trinajstić information content (AvgIpc) is 3.53. The smallest absolute Gasteiger partial charge is 0.227 e. The monoisotopic (exact) mass is 573 g/mol. The van der Waals surface area contributed by atoms with Crippen LogP contribution in [0, 0.1) is 17.2 Å². The molecular formula is C31H35N5O4S. The average molecular weight is 574 g/mol. The van der Waals surface area contributed by atoms with Gasteiger partial charge in [-0.15, -0.1) is 0 Å². The van der Waals surface area contributed by atoms with E-state index in [1.165, 1.54) is 0 Å². The van der Waals surface area contributed by atoms with Crippen LogP contribution in [-0.4, -0.2) is 33.7 Å². The van der Waals surface area contributed by atoms with Gasteiger partial charge in [0.05, 0.1) is 33.2 Å². The van der Waals surface area contributed by atoms with Crippen LogP contribution in [0.1, 0.15) is 59.1 Å². The van der Waals surface area contributed by atoms with Crippen LogP contribution < -0.4 is 10.1 Å². The second-order valence-electron chi connectivity index (χ2n) is 10.6. The number of ether oxygens (including phenoxy) is 1. The van der Waals surface area contributed by atoms with Crippen molar-refractivity contribution >= 4 is 38.0 Å². The molecule has 2 aromatic heterocycles. The zero-order chi connectivity index (χ0) is 29.8. The highest BCUT2D eigenvalue weighted by Crippen LogP contribution is 2.40. The lowest BCUT2D eigenvalue weighted by molar-refractivity contribution is -0.117. The Morgan fingerprint density at radius 3 is 2.37 bits per heavy atom. The molecule has 10 heteroatoms. The molecule has 5 rings (SSSR count). The number of nitriles is 1. The van der Waals surface area contributed by atoms with Crippen molar-refractivity contribution in [2.75, 3.05) is 5.32 Å². The van der Waals surface area contributed by atoms with E-state index in [2.05, 4.69) is 16.4 Å². The van der Waals surface area contributed by atoms with Crippen molar-refractivity contribution < 1.29 is 17.9 Å². The maximum absolute atomic E-state index is 12.9. The molecule has 2 atom stereocenters. The third-order valence-corrected chi connectivity index (χ3v) is 9.37. The number of ketones is 1. The molecule has 0 saturated heterocycles. The van der Waals surface area contributed by atoms with Crippen molar-refractivity contribution in [2.24, 2.45) is 5.92 Å². The van der Waals surface area contributed by atoms with E-state index < -0.39 is 26.5 Å². The summed E-state index contributed by atoms with van der Waals surface area (Å²) in [5, 5.41) is 18.4. The molecule has 2 heterocycles. The lowest BCUT2D eigenvalue weighted by Gasteiger charge is -2.19. The third-order valence-electron chi connectivity index (χ3n) is 6.87. The number of Topliss-reactive ketones (excluding diaryl/α,β-unsaturated/α-hetero) is 1. The molecule has 41 heavy (non-hydrogen) atoms. The highest BCUT2D eigenvalue weighted by molar-refractivity contribution is 7.92. The van der Waals surface area contributed by atoms with E-state index >= 15 is 0 Å². The number of rotatable bonds is 7. The molecule has 0 radical (unpaired) electrons. The first kappa shape index (κ1) is 29.7. The van der Waals surface area contributed by atoms with Crippen molar-refractivity contribution in [1.82, 2.24) is 14.8 Å². The van der Waals surface area contributed by atoms with Crippen LogP contribution in [-0.2, 0) is 21.2 Å². The van der Waals surface area contributed by atoms with E-state index in [0.717, 1.165) is 5.56 Å². The summed E-state index contributed by atoms with van der Waals surface area (Å²) in [6.07, 6.45) is 2.03. The van der Waals surface area contributed by atoms with Crippen molar-refractivity contribution in [3.8, 4) is 11.9 Å². The number of nitrogens with one attached hydrogen (secondary N) is 1. The second kappa shape index (κ2) is 12.1. The summed E-state index contributed by atoms with van der Waals surface area (Å²) in [4.78, 5) is 16.9. The number of sulfone groups is 1. The highest BCUT2D eigenvalue weighted by atomic mass is 32.2. The van der Waals surface area contributed by atoms with E-state index in [0.29, 0.717) is 34.9 Å². The van der Waals surface area contributed by atoms with Crippen molar-refractivity contribution in [3.63, 3.8) is 0 Å². The van der Waals surface area contributed by atoms with Gasteiger partial charge in [0.2, 0.25) is 5.88 Å². The van der Waals surface area contributed by atoms with Crippen LogP contribution in [0.3, 0.4) is 0 Å². The Bertz CT molecular complexity index is 1670. The van der Waals surface area contributed by atoms with E-state index in [9.17, 15) is 18.5 Å². The highest BCUT2D eigenvalue weighted by Gasteiger charge is 2.37. The quantitative estimate of drug-likeness (QED) is 0.269. The summed E-state index contributed by atoms with van der Waals surface area (Å²) in [5.41, 5.74) is 2.27. The van der Waals surface area contributed by atoms with Crippen molar-refractivity contribution in [2.45, 2.75) is 69.8 Å². The summed E-state index contributed by atoms with van der Waals surface area (Å²) < 4.78 is 32.6. The standard InChI is InChI=1S/C29H29N5O4S.C2H6/c1-29(2,3)39(36,37)23-11-9-21(10-12-23)32-27-26-24(34(33-27)25-16-22(35)15-20(25)17-30)13-14-31-28(26)38-18-19-7-5-4-6-8-19;1-2/h4-14,20,25H,15-16,18H2,1-3H3,(H,32,33);1-2H3. The molecule has 1 saturated carbocycles. The largest absolute Gasteiger partial charge is 0.472 e. The fraction of sp³-hybridized carbons (Fsp3) is 0.355. The van der Waals surface area contributed by atoms with Crippen LogP contribution in [0.5, 0.6) is 5.88 Å². The maximum atomic E-state index is 12.9. The molecule has 9 nitrogen and oxygen atoms in total. The maximum Gasteiger partial charge on any atom is 0.227 e. The SMILES string of the molecule is CC.CC(C)(C)S(=O)(=O)c1ccc(Nc2nn(C3CC(=O)CC3C#N)c3ccnc(OCc4ccccc4)c23)cc1. The van der Waals surface area contributed by atoms with Crippen LogP contribution in [0.2, 0.25) is 0 Å². The predicted octanol–water partition coefficient (Wildman–Crippen LogP) is 6.40. The third kappa shape index (κ3) is 6.10. The van der Waals surface area contributed by atoms with Crippen LogP contribution in [0.4, 0.5) is 11.5 Å². The predicted molar refractivity (Wildman–Crippen MR) is 159 cm³/mol. The molecule has 0 spiro atoms. The molecule has 0 bridgehead atoms. The summed E-state index contributed by atoms with van der Waals surface area (Å²) >= 11 is 0. The minimum atomic E-state index is -3.50. The lowest BCUT2D eigenvalue weighted by atomic mass is 10.1. The van der Waals surface area contributed by atoms with Crippen LogP contribution in [0.15, 0.2) is 71.8 Å². The molecule has 2 unspecified atom stereocenters. The first-order valence-electron chi connectivity index (χ1n) is 13.7. The number of carbonyl (C=O) groups is 1. The van der Waals surface area contributed by atoms with Gasteiger partial charge in [-0.25, -0.2) is 13.4 Å². The zero-order valence-electron chi connectivity index (χ0n) is 24.0. The molecular weight excluding hydrogens is 538 g/mol. The van der Waals surface area contributed by atoms with Crippen LogP contribution >= 0.6 is 0 Å². The van der Waals surface area contributed by atoms with Gasteiger partial charge in [0.15, 0.2) is 15.7 Å². The Hall–Kier alpha value is -4.23. The number of hydrogen-bond donors (Lipinski definition) is 1. The van der Waals surface area contributed by atoms with E-state index in [4.69, 9.17) is 9.84 Å². The van der Waals surface area contributed by atoms with E-state index in [1.807, 2.05) is 44.2 Å². The summed E-state index contributed by atoms with van der Waals surface area (Å²) in [6.45, 7) is 9.29. The number of anilines is 2. The lowest BCUT2D eigenvalue weighted by Crippen LogP contribution is -2.27. The fourth-order valence-electron chi connectivity index (χ4n) is 4.67. The zero-order valence-corrected chi connectivity index (χ0v) is 24.8. The van der Waals surface area contributed by atoms with E-state index in [1.54, 1.807) is 62.0 Å². The van der Waals surface area contributed by atoms with Crippen molar-refractivity contribution in [1.29, 1.82) is 5.26 Å². The minimum Gasteiger partial charge on any atom is -0.472 e. The van der Waals surface area contributed by atoms with Gasteiger partial charge in [-0.1, -0.05) is 44.2 Å². The topological polar surface area (TPSA) is 127 Å². The first-order chi connectivity index (χ1) is 19.6. The molecule has 0 amide bonds. The minimum absolute atomic E-state index is 0.0231. The molecule has 1 aliphatic rings. The van der Waals surface area contributed by atoms with Gasteiger partial charge in [-0.05, 0) is 56.7 Å². The van der Waals surface area contributed by atoms with Gasteiger partial charge in [0.25, 0.3) is 0 Å². The Morgan fingerprint density at radius 2 is 1.73 bits per heavy atom. The summed E-state index contributed by atoms with van der Waals surface area (Å²) in [7, 11) is -3.50. The number of fused-ring (bicyclic) bond motifs is 1. The van der Waals surface area contributed by atoms with Gasteiger partial charge in [0, 0.05) is 24.7 Å². The van der Waals surface area contributed by atoms with E-state index in [-0.39, 0.29) is 23.5 Å². The Kier molecular flexibility index (Phi) is 8.78. The van der Waals surface area contributed by atoms with Gasteiger partial charge in [-0.3, -0.25) is 9.48 Å². The Balaban J connectivity index is 0.00000189. The molecule has 1 N–H and O–H groups in total. The number of hydrogen-bond acceptors (Lipinski definition) is 8. The van der Waals surface area contributed by atoms with Gasteiger partial charge in [-0.2, -0.15) is 10.4 Å². The normalized spacial score (nSPS) is 17.0. The molecule has 1 aliphatic carbocycles. The van der Waals surface area contributed by atoms with Crippen LogP contribution in [0.25, 0.3) is 10.9 Å². The number of pyridine rings is 1. The van der Waals surface area contributed by atoms with Gasteiger partial charge in [0.1, 0.15) is 17.8 Å². The summed E-state index contributed by atoms with van der Waals surface area (Å²) in [6, 6.07) is 19.8. The Morgan fingerprint density at radius 1 is 1.05 bits per heavy atom. The number of aromatic nitrogens is 3. The fourth-order valence-corrected chi connectivity index (χ4v) is 5.87. The molecule has 1 fully saturated rings. The molecule has 4 aromatic rings.